The minimum absolute atomic E-state index is 0.642. The highest BCUT2D eigenvalue weighted by molar-refractivity contribution is 6.07. The van der Waals surface area contributed by atoms with Crippen LogP contribution in [0.1, 0.15) is 11.1 Å². The second-order valence-electron chi connectivity index (χ2n) is 11.6. The lowest BCUT2D eigenvalue weighted by atomic mass is 9.92. The van der Waals surface area contributed by atoms with Crippen LogP contribution in [-0.2, 0) is 0 Å². The molecule has 0 amide bonds. The van der Waals surface area contributed by atoms with E-state index in [1.807, 2.05) is 84.9 Å². The molecule has 0 fully saturated rings. The molecule has 2 heterocycles. The number of para-hydroxylation sites is 1. The van der Waals surface area contributed by atoms with Gasteiger partial charge in [0, 0.05) is 33.2 Å². The van der Waals surface area contributed by atoms with Gasteiger partial charge in [0.1, 0.15) is 0 Å². The zero-order valence-electron chi connectivity index (χ0n) is 26.2. The summed E-state index contributed by atoms with van der Waals surface area (Å²) in [5, 5.41) is 3.20. The van der Waals surface area contributed by atoms with Gasteiger partial charge in [0.25, 0.3) is 0 Å². The van der Waals surface area contributed by atoms with Crippen LogP contribution in [0, 0.1) is 0 Å². The highest BCUT2D eigenvalue weighted by Gasteiger charge is 2.17. The van der Waals surface area contributed by atoms with E-state index in [9.17, 15) is 0 Å². The number of nitrogens with zero attached hydrogens (tertiary/aromatic N) is 4. The molecule has 4 nitrogen and oxygen atoms in total. The van der Waals surface area contributed by atoms with E-state index in [1.54, 1.807) is 0 Å². The van der Waals surface area contributed by atoms with Gasteiger partial charge >= 0.3 is 0 Å². The number of hydrogen-bond acceptors (Lipinski definition) is 4. The number of rotatable bonds is 7. The standard InChI is InChI=1S/C44H30N4/c1-3-29-27-38(36-23-12-11-22-35(36)34(29)4-2)42-37-24-13-14-25-39(37)45-44(48-42)33-21-15-20-32(26-33)41-28-40(30-16-7-5-8-17-30)46-43(47-41)31-18-9-6-10-19-31/h3-28H,1-2H2. The highest BCUT2D eigenvalue weighted by Crippen LogP contribution is 2.38. The van der Waals surface area contributed by atoms with Gasteiger partial charge in [-0.3, -0.25) is 0 Å². The van der Waals surface area contributed by atoms with Gasteiger partial charge in [-0.2, -0.15) is 0 Å². The first-order chi connectivity index (χ1) is 23.7. The summed E-state index contributed by atoms with van der Waals surface area (Å²) in [5.74, 6) is 1.32. The molecule has 0 unspecified atom stereocenters. The average Bonchev–Trinajstić information content (AvgIpc) is 3.17. The molecule has 226 valence electrons. The van der Waals surface area contributed by atoms with Crippen LogP contribution < -0.4 is 0 Å². The first-order valence-corrected chi connectivity index (χ1v) is 15.9. The number of fused-ring (bicyclic) bond motifs is 2. The zero-order valence-corrected chi connectivity index (χ0v) is 26.2. The van der Waals surface area contributed by atoms with E-state index >= 15 is 0 Å². The molecule has 0 radical (unpaired) electrons. The van der Waals surface area contributed by atoms with Crippen molar-refractivity contribution in [1.29, 1.82) is 0 Å². The van der Waals surface area contributed by atoms with E-state index in [2.05, 4.69) is 86.0 Å². The monoisotopic (exact) mass is 614 g/mol. The van der Waals surface area contributed by atoms with Crippen LogP contribution in [0.4, 0.5) is 0 Å². The summed E-state index contributed by atoms with van der Waals surface area (Å²) in [6, 6.07) is 49.4. The molecule has 0 aliphatic carbocycles. The summed E-state index contributed by atoms with van der Waals surface area (Å²) in [5.41, 5.74) is 10.4. The fourth-order valence-corrected chi connectivity index (χ4v) is 6.31. The Morgan fingerprint density at radius 1 is 0.417 bits per heavy atom. The van der Waals surface area contributed by atoms with Crippen molar-refractivity contribution in [2.24, 2.45) is 0 Å². The lowest BCUT2D eigenvalue weighted by molar-refractivity contribution is 1.18. The van der Waals surface area contributed by atoms with Crippen molar-refractivity contribution in [3.05, 3.63) is 170 Å². The number of benzene rings is 6. The van der Waals surface area contributed by atoms with Crippen molar-refractivity contribution in [1.82, 2.24) is 19.9 Å². The molecule has 8 rings (SSSR count). The summed E-state index contributed by atoms with van der Waals surface area (Å²) >= 11 is 0. The summed E-state index contributed by atoms with van der Waals surface area (Å²) < 4.78 is 0. The third-order valence-electron chi connectivity index (χ3n) is 8.64. The van der Waals surface area contributed by atoms with Crippen LogP contribution in [0.5, 0.6) is 0 Å². The van der Waals surface area contributed by atoms with Gasteiger partial charge in [0.05, 0.1) is 22.6 Å². The average molecular weight is 615 g/mol. The van der Waals surface area contributed by atoms with E-state index in [-0.39, 0.29) is 0 Å². The second kappa shape index (κ2) is 12.3. The first kappa shape index (κ1) is 28.9. The number of aromatic nitrogens is 4. The minimum atomic E-state index is 0.642. The molecular weight excluding hydrogens is 585 g/mol. The predicted molar refractivity (Wildman–Crippen MR) is 200 cm³/mol. The first-order valence-electron chi connectivity index (χ1n) is 15.9. The summed E-state index contributed by atoms with van der Waals surface area (Å²) in [4.78, 5) is 20.4. The van der Waals surface area contributed by atoms with E-state index < -0.39 is 0 Å². The van der Waals surface area contributed by atoms with Gasteiger partial charge in [-0.05, 0) is 46.2 Å². The Morgan fingerprint density at radius 3 is 1.73 bits per heavy atom. The quantitative estimate of drug-likeness (QED) is 0.179. The van der Waals surface area contributed by atoms with Crippen molar-refractivity contribution in [3.63, 3.8) is 0 Å². The highest BCUT2D eigenvalue weighted by atomic mass is 14.9. The van der Waals surface area contributed by atoms with E-state index in [1.165, 1.54) is 0 Å². The maximum absolute atomic E-state index is 5.28. The van der Waals surface area contributed by atoms with Crippen LogP contribution in [0.2, 0.25) is 0 Å². The molecule has 0 spiro atoms. The molecule has 0 N–H and O–H groups in total. The maximum Gasteiger partial charge on any atom is 0.160 e. The van der Waals surface area contributed by atoms with Crippen LogP contribution in [0.25, 0.3) is 90.4 Å². The Kier molecular flexibility index (Phi) is 7.44. The molecule has 0 bridgehead atoms. The molecule has 0 saturated carbocycles. The molecule has 48 heavy (non-hydrogen) atoms. The molecular formula is C44H30N4. The van der Waals surface area contributed by atoms with E-state index in [0.29, 0.717) is 11.6 Å². The lowest BCUT2D eigenvalue weighted by Crippen LogP contribution is -1.98. The Morgan fingerprint density at radius 2 is 1.00 bits per heavy atom. The third kappa shape index (κ3) is 5.25. The molecule has 2 aromatic heterocycles. The van der Waals surface area contributed by atoms with Crippen molar-refractivity contribution in [2.75, 3.05) is 0 Å². The Balaban J connectivity index is 1.32. The van der Waals surface area contributed by atoms with Crippen molar-refractivity contribution < 1.29 is 0 Å². The van der Waals surface area contributed by atoms with E-state index in [0.717, 1.165) is 77.7 Å². The van der Waals surface area contributed by atoms with Gasteiger partial charge < -0.3 is 0 Å². The normalized spacial score (nSPS) is 11.1. The molecule has 6 aromatic carbocycles. The van der Waals surface area contributed by atoms with Crippen LogP contribution in [0.3, 0.4) is 0 Å². The maximum atomic E-state index is 5.28. The van der Waals surface area contributed by atoms with Gasteiger partial charge in [-0.25, -0.2) is 19.9 Å². The molecule has 0 atom stereocenters. The lowest BCUT2D eigenvalue weighted by Gasteiger charge is -2.15. The second-order valence-corrected chi connectivity index (χ2v) is 11.6. The minimum Gasteiger partial charge on any atom is -0.228 e. The fourth-order valence-electron chi connectivity index (χ4n) is 6.31. The van der Waals surface area contributed by atoms with Crippen molar-refractivity contribution in [3.8, 4) is 56.5 Å². The smallest absolute Gasteiger partial charge is 0.160 e. The summed E-state index contributed by atoms with van der Waals surface area (Å²) in [7, 11) is 0. The Labute approximate surface area is 279 Å². The summed E-state index contributed by atoms with van der Waals surface area (Å²) in [6.45, 7) is 8.20. The molecule has 0 saturated heterocycles. The van der Waals surface area contributed by atoms with Gasteiger partial charge in [-0.1, -0.05) is 147 Å². The predicted octanol–water partition coefficient (Wildman–Crippen LogP) is 11.2. The Bertz CT molecular complexity index is 2430. The number of hydrogen-bond donors (Lipinski definition) is 0. The molecule has 0 aliphatic rings. The molecule has 0 aliphatic heterocycles. The SMILES string of the molecule is C=Cc1cc(-c2nc(-c3cccc(-c4cc(-c5ccccc5)nc(-c5ccccc5)n4)c3)nc3ccccc23)c2ccccc2c1C=C. The summed E-state index contributed by atoms with van der Waals surface area (Å²) in [6.07, 6.45) is 3.79. The third-order valence-corrected chi connectivity index (χ3v) is 8.64. The van der Waals surface area contributed by atoms with Gasteiger partial charge in [0.2, 0.25) is 0 Å². The molecule has 4 heteroatoms. The van der Waals surface area contributed by atoms with Crippen LogP contribution in [-0.4, -0.2) is 19.9 Å². The zero-order chi connectivity index (χ0) is 32.5. The van der Waals surface area contributed by atoms with Crippen molar-refractivity contribution >= 4 is 33.8 Å². The fraction of sp³-hybridized carbons (Fsp3) is 0. The van der Waals surface area contributed by atoms with Crippen molar-refractivity contribution in [2.45, 2.75) is 0 Å². The molecule has 8 aromatic rings. The van der Waals surface area contributed by atoms with E-state index in [4.69, 9.17) is 19.9 Å². The topological polar surface area (TPSA) is 51.6 Å². The Hall–Kier alpha value is -6.52. The van der Waals surface area contributed by atoms with Gasteiger partial charge in [0.15, 0.2) is 11.6 Å². The van der Waals surface area contributed by atoms with Crippen LogP contribution in [0.15, 0.2) is 159 Å². The largest absolute Gasteiger partial charge is 0.228 e. The van der Waals surface area contributed by atoms with Gasteiger partial charge in [-0.15, -0.1) is 0 Å². The van der Waals surface area contributed by atoms with Crippen LogP contribution >= 0.6 is 0 Å².